The van der Waals surface area contributed by atoms with E-state index in [2.05, 4.69) is 43.4 Å². The van der Waals surface area contributed by atoms with Crippen molar-refractivity contribution >= 4 is 5.97 Å². The van der Waals surface area contributed by atoms with Crippen molar-refractivity contribution in [3.63, 3.8) is 0 Å². The number of carboxylic acids is 1. The van der Waals surface area contributed by atoms with E-state index in [1.54, 1.807) is 0 Å². The Kier molecular flexibility index (Phi) is 4.59. The van der Waals surface area contributed by atoms with Gasteiger partial charge in [-0.15, -0.1) is 0 Å². The molecule has 1 aromatic rings. The highest BCUT2D eigenvalue weighted by atomic mass is 16.4. The van der Waals surface area contributed by atoms with Crippen molar-refractivity contribution in [1.29, 1.82) is 0 Å². The van der Waals surface area contributed by atoms with E-state index in [1.807, 2.05) is 6.07 Å². The summed E-state index contributed by atoms with van der Waals surface area (Å²) in [4.78, 5) is 11.2. The van der Waals surface area contributed by atoms with Gasteiger partial charge in [-0.25, -0.2) is 0 Å². The highest BCUT2D eigenvalue weighted by Gasteiger charge is 2.38. The molecule has 2 unspecified atom stereocenters. The molecule has 104 valence electrons. The molecular formula is C16H23NO2. The summed E-state index contributed by atoms with van der Waals surface area (Å²) < 4.78 is 0. The first-order valence-corrected chi connectivity index (χ1v) is 7.09. The van der Waals surface area contributed by atoms with Gasteiger partial charge in [0, 0.05) is 0 Å². The van der Waals surface area contributed by atoms with Gasteiger partial charge in [0.1, 0.15) is 6.04 Å². The second-order valence-corrected chi connectivity index (χ2v) is 5.94. The molecule has 0 heterocycles. The molecule has 1 aliphatic rings. The zero-order valence-electron chi connectivity index (χ0n) is 11.7. The largest absolute Gasteiger partial charge is 0.480 e. The highest BCUT2D eigenvalue weighted by Crippen LogP contribution is 2.46. The van der Waals surface area contributed by atoms with E-state index in [0.717, 1.165) is 6.54 Å². The molecular weight excluding hydrogens is 238 g/mol. The van der Waals surface area contributed by atoms with Crippen molar-refractivity contribution in [2.75, 3.05) is 6.54 Å². The Morgan fingerprint density at radius 2 is 2.05 bits per heavy atom. The van der Waals surface area contributed by atoms with Crippen molar-refractivity contribution in [3.05, 3.63) is 35.9 Å². The third kappa shape index (κ3) is 4.06. The van der Waals surface area contributed by atoms with Crippen molar-refractivity contribution in [1.82, 2.24) is 5.32 Å². The molecule has 2 N–H and O–H groups in total. The average molecular weight is 261 g/mol. The number of hydrogen-bond acceptors (Lipinski definition) is 2. The maximum Gasteiger partial charge on any atom is 0.320 e. The van der Waals surface area contributed by atoms with E-state index in [4.69, 9.17) is 0 Å². The van der Waals surface area contributed by atoms with Crippen molar-refractivity contribution in [2.24, 2.45) is 11.8 Å². The molecule has 0 saturated heterocycles. The summed E-state index contributed by atoms with van der Waals surface area (Å²) >= 11 is 0. The number of carboxylic acid groups (broad SMARTS) is 1. The van der Waals surface area contributed by atoms with Crippen LogP contribution in [0.4, 0.5) is 0 Å². The average Bonchev–Trinajstić information content (AvgIpc) is 3.14. The zero-order chi connectivity index (χ0) is 13.8. The van der Waals surface area contributed by atoms with Crippen LogP contribution in [0.2, 0.25) is 0 Å². The predicted molar refractivity (Wildman–Crippen MR) is 76.2 cm³/mol. The molecule has 0 bridgehead atoms. The fraction of sp³-hybridized carbons (Fsp3) is 0.562. The third-order valence-electron chi connectivity index (χ3n) is 3.78. The molecule has 0 spiro atoms. The molecule has 0 aromatic heterocycles. The lowest BCUT2D eigenvalue weighted by Gasteiger charge is -2.16. The molecule has 2 rings (SSSR count). The molecule has 1 fully saturated rings. The van der Waals surface area contributed by atoms with Crippen molar-refractivity contribution in [2.45, 2.75) is 38.6 Å². The Morgan fingerprint density at radius 1 is 1.37 bits per heavy atom. The van der Waals surface area contributed by atoms with Gasteiger partial charge >= 0.3 is 5.97 Å². The Hall–Kier alpha value is -1.35. The monoisotopic (exact) mass is 261 g/mol. The molecule has 0 amide bonds. The van der Waals surface area contributed by atoms with Crippen LogP contribution >= 0.6 is 0 Å². The topological polar surface area (TPSA) is 49.3 Å². The second kappa shape index (κ2) is 6.20. The van der Waals surface area contributed by atoms with Crippen LogP contribution in [0.3, 0.4) is 0 Å². The smallest absolute Gasteiger partial charge is 0.320 e. The van der Waals surface area contributed by atoms with Gasteiger partial charge in [-0.05, 0) is 42.7 Å². The maximum absolute atomic E-state index is 11.2. The quantitative estimate of drug-likeness (QED) is 0.793. The Bertz CT molecular complexity index is 416. The Morgan fingerprint density at radius 3 is 2.63 bits per heavy atom. The fourth-order valence-corrected chi connectivity index (χ4v) is 2.62. The van der Waals surface area contributed by atoms with Crippen LogP contribution in [0, 0.1) is 11.8 Å². The van der Waals surface area contributed by atoms with Crippen LogP contribution in [0.1, 0.15) is 38.2 Å². The molecule has 1 saturated carbocycles. The molecule has 3 nitrogen and oxygen atoms in total. The summed E-state index contributed by atoms with van der Waals surface area (Å²) in [6, 6.07) is 10.1. The van der Waals surface area contributed by atoms with Gasteiger partial charge < -0.3 is 10.4 Å². The maximum atomic E-state index is 11.2. The normalized spacial score (nSPS) is 23.3. The first-order chi connectivity index (χ1) is 9.08. The van der Waals surface area contributed by atoms with Crippen LogP contribution in [0.15, 0.2) is 30.3 Å². The van der Waals surface area contributed by atoms with Crippen LogP contribution in [0.5, 0.6) is 0 Å². The Labute approximate surface area is 115 Å². The van der Waals surface area contributed by atoms with Crippen LogP contribution in [-0.2, 0) is 4.79 Å². The van der Waals surface area contributed by atoms with Gasteiger partial charge in [-0.3, -0.25) is 4.79 Å². The van der Waals surface area contributed by atoms with Crippen molar-refractivity contribution in [3.8, 4) is 0 Å². The first kappa shape index (κ1) is 14.1. The van der Waals surface area contributed by atoms with Crippen LogP contribution < -0.4 is 5.32 Å². The summed E-state index contributed by atoms with van der Waals surface area (Å²) in [5.74, 6) is 0.877. The summed E-state index contributed by atoms with van der Waals surface area (Å²) in [5, 5.41) is 12.4. The van der Waals surface area contributed by atoms with Gasteiger partial charge in [0.25, 0.3) is 0 Å². The van der Waals surface area contributed by atoms with E-state index < -0.39 is 12.0 Å². The second-order valence-electron chi connectivity index (χ2n) is 5.94. The first-order valence-electron chi connectivity index (χ1n) is 7.09. The van der Waals surface area contributed by atoms with Gasteiger partial charge in [0.2, 0.25) is 0 Å². The molecule has 19 heavy (non-hydrogen) atoms. The molecule has 3 heteroatoms. The minimum atomic E-state index is -0.731. The summed E-state index contributed by atoms with van der Waals surface area (Å²) in [7, 11) is 0. The van der Waals surface area contributed by atoms with Crippen molar-refractivity contribution < 1.29 is 9.90 Å². The molecule has 1 aromatic carbocycles. The minimum Gasteiger partial charge on any atom is -0.480 e. The molecule has 0 radical (unpaired) electrons. The van der Waals surface area contributed by atoms with E-state index >= 15 is 0 Å². The van der Waals surface area contributed by atoms with Gasteiger partial charge in [0.05, 0.1) is 0 Å². The van der Waals surface area contributed by atoms with Gasteiger partial charge in [-0.2, -0.15) is 0 Å². The lowest BCUT2D eigenvalue weighted by atomic mass is 10.0. The predicted octanol–water partition coefficient (Wildman–Crippen LogP) is 2.88. The fourth-order valence-electron chi connectivity index (χ4n) is 2.62. The number of benzene rings is 1. The van der Waals surface area contributed by atoms with Gasteiger partial charge in [0.15, 0.2) is 0 Å². The third-order valence-corrected chi connectivity index (χ3v) is 3.78. The summed E-state index contributed by atoms with van der Waals surface area (Å²) in [6.45, 7) is 4.92. The molecule has 3 atom stereocenters. The summed E-state index contributed by atoms with van der Waals surface area (Å²) in [6.07, 6.45) is 1.86. The lowest BCUT2D eigenvalue weighted by Crippen LogP contribution is -2.39. The number of rotatable bonds is 7. The number of nitrogens with one attached hydrogen (secondary N) is 1. The van der Waals surface area contributed by atoms with Crippen LogP contribution in [-0.4, -0.2) is 23.7 Å². The van der Waals surface area contributed by atoms with Gasteiger partial charge in [-0.1, -0.05) is 44.2 Å². The SMILES string of the molecule is CC(C)C[C@@H](NCC1CC1c1ccccc1)C(=O)O. The Balaban J connectivity index is 1.79. The lowest BCUT2D eigenvalue weighted by molar-refractivity contribution is -0.139. The van der Waals surface area contributed by atoms with E-state index in [1.165, 1.54) is 12.0 Å². The highest BCUT2D eigenvalue weighted by molar-refractivity contribution is 5.73. The zero-order valence-corrected chi connectivity index (χ0v) is 11.7. The molecule has 1 aliphatic carbocycles. The van der Waals surface area contributed by atoms with E-state index in [-0.39, 0.29) is 0 Å². The van der Waals surface area contributed by atoms with Crippen LogP contribution in [0.25, 0.3) is 0 Å². The van der Waals surface area contributed by atoms with E-state index in [9.17, 15) is 9.90 Å². The standard InChI is InChI=1S/C16H23NO2/c1-11(2)8-15(16(18)19)17-10-13-9-14(13)12-6-4-3-5-7-12/h3-7,11,13-15,17H,8-10H2,1-2H3,(H,18,19)/t13?,14?,15-/m1/s1. The summed E-state index contributed by atoms with van der Waals surface area (Å²) in [5.41, 5.74) is 1.38. The number of carbonyl (C=O) groups is 1. The molecule has 0 aliphatic heterocycles. The minimum absolute atomic E-state index is 0.401. The number of aliphatic carboxylic acids is 1. The van der Waals surface area contributed by atoms with E-state index in [0.29, 0.717) is 24.2 Å². The number of hydrogen-bond donors (Lipinski definition) is 2.